The molecule has 0 bridgehead atoms. The Morgan fingerprint density at radius 1 is 1.07 bits per heavy atom. The third kappa shape index (κ3) is 4.24. The standard InChI is InChI=1S/C23H29N5O/c1-15(2)16-7-9-17(10-8-16)20(13-28-11-4-12-28)27-23-19-6-3-5-18(22(24)29)21(19)25-14-26-23/h3,5-10,14-15,20,22,29H,4,11-13,24H2,1-2H3,(H,25,26,27). The molecule has 0 radical (unpaired) electrons. The molecule has 1 aromatic heterocycles. The summed E-state index contributed by atoms with van der Waals surface area (Å²) in [6.07, 6.45) is 1.72. The fraction of sp³-hybridized carbons (Fsp3) is 0.391. The summed E-state index contributed by atoms with van der Waals surface area (Å²) in [5, 5.41) is 14.4. The van der Waals surface area contributed by atoms with Crippen LogP contribution in [0.3, 0.4) is 0 Å². The van der Waals surface area contributed by atoms with E-state index < -0.39 is 6.23 Å². The summed E-state index contributed by atoms with van der Waals surface area (Å²) < 4.78 is 0. The zero-order valence-corrected chi connectivity index (χ0v) is 17.0. The second kappa shape index (κ2) is 8.45. The number of anilines is 1. The topological polar surface area (TPSA) is 87.3 Å². The number of aromatic nitrogens is 2. The summed E-state index contributed by atoms with van der Waals surface area (Å²) in [5.74, 6) is 1.27. The van der Waals surface area contributed by atoms with Crippen LogP contribution < -0.4 is 11.1 Å². The molecule has 2 atom stereocenters. The molecule has 6 heteroatoms. The molecular weight excluding hydrogens is 362 g/mol. The zero-order chi connectivity index (χ0) is 20.4. The quantitative estimate of drug-likeness (QED) is 0.534. The predicted molar refractivity (Wildman–Crippen MR) is 117 cm³/mol. The van der Waals surface area contributed by atoms with Crippen LogP contribution in [0.1, 0.15) is 55.1 Å². The number of aliphatic hydroxyl groups excluding tert-OH is 1. The van der Waals surface area contributed by atoms with Gasteiger partial charge in [-0.2, -0.15) is 0 Å². The first kappa shape index (κ1) is 19.8. The van der Waals surface area contributed by atoms with Crippen LogP contribution in [0.25, 0.3) is 10.9 Å². The number of hydrogen-bond acceptors (Lipinski definition) is 6. The smallest absolute Gasteiger partial charge is 0.137 e. The van der Waals surface area contributed by atoms with Gasteiger partial charge in [0.05, 0.1) is 11.6 Å². The number of hydrogen-bond donors (Lipinski definition) is 3. The highest BCUT2D eigenvalue weighted by molar-refractivity contribution is 5.91. The molecular formula is C23H29N5O. The molecule has 2 unspecified atom stereocenters. The molecule has 29 heavy (non-hydrogen) atoms. The van der Waals surface area contributed by atoms with Crippen molar-refractivity contribution >= 4 is 16.7 Å². The SMILES string of the molecule is CC(C)c1ccc(C(CN2CCC2)Nc2ncnc3c(C(N)O)cccc23)cc1. The molecule has 6 nitrogen and oxygen atoms in total. The van der Waals surface area contributed by atoms with Crippen molar-refractivity contribution in [2.75, 3.05) is 25.0 Å². The summed E-state index contributed by atoms with van der Waals surface area (Å²) in [7, 11) is 0. The Balaban J connectivity index is 1.68. The Morgan fingerprint density at radius 3 is 2.41 bits per heavy atom. The highest BCUT2D eigenvalue weighted by Gasteiger charge is 2.22. The molecule has 1 aliphatic rings. The number of nitrogens with zero attached hydrogens (tertiary/aromatic N) is 3. The summed E-state index contributed by atoms with van der Waals surface area (Å²) in [4.78, 5) is 11.3. The van der Waals surface area contributed by atoms with E-state index >= 15 is 0 Å². The molecule has 2 aromatic carbocycles. The largest absolute Gasteiger partial charge is 0.374 e. The van der Waals surface area contributed by atoms with Crippen LogP contribution >= 0.6 is 0 Å². The van der Waals surface area contributed by atoms with Crippen LogP contribution in [-0.4, -0.2) is 39.6 Å². The number of likely N-dealkylation sites (tertiary alicyclic amines) is 1. The summed E-state index contributed by atoms with van der Waals surface area (Å²) in [6, 6.07) is 14.6. The fourth-order valence-corrected chi connectivity index (χ4v) is 3.80. The van der Waals surface area contributed by atoms with Crippen molar-refractivity contribution < 1.29 is 5.11 Å². The minimum Gasteiger partial charge on any atom is -0.374 e. The van der Waals surface area contributed by atoms with Gasteiger partial charge in [0, 0.05) is 17.5 Å². The Kier molecular flexibility index (Phi) is 5.76. The molecule has 0 saturated carbocycles. The molecule has 3 aromatic rings. The van der Waals surface area contributed by atoms with Gasteiger partial charge in [-0.1, -0.05) is 50.2 Å². The van der Waals surface area contributed by atoms with Crippen molar-refractivity contribution in [1.29, 1.82) is 0 Å². The fourth-order valence-electron chi connectivity index (χ4n) is 3.80. The molecule has 0 amide bonds. The first-order valence-electron chi connectivity index (χ1n) is 10.3. The minimum absolute atomic E-state index is 0.112. The van der Waals surface area contributed by atoms with E-state index in [1.54, 1.807) is 6.07 Å². The van der Waals surface area contributed by atoms with E-state index in [4.69, 9.17) is 5.73 Å². The molecule has 0 aliphatic carbocycles. The van der Waals surface area contributed by atoms with Crippen molar-refractivity contribution in [2.45, 2.75) is 38.5 Å². The maximum Gasteiger partial charge on any atom is 0.137 e. The van der Waals surface area contributed by atoms with E-state index in [9.17, 15) is 5.11 Å². The first-order valence-corrected chi connectivity index (χ1v) is 10.3. The highest BCUT2D eigenvalue weighted by Crippen LogP contribution is 2.29. The van der Waals surface area contributed by atoms with Gasteiger partial charge in [-0.3, -0.25) is 0 Å². The van der Waals surface area contributed by atoms with Gasteiger partial charge in [-0.05, 0) is 42.6 Å². The van der Waals surface area contributed by atoms with Gasteiger partial charge in [-0.15, -0.1) is 0 Å². The van der Waals surface area contributed by atoms with E-state index in [0.29, 0.717) is 17.0 Å². The number of para-hydroxylation sites is 1. The van der Waals surface area contributed by atoms with Gasteiger partial charge >= 0.3 is 0 Å². The normalized spacial score (nSPS) is 16.6. The number of benzene rings is 2. The van der Waals surface area contributed by atoms with Gasteiger partial charge in [0.15, 0.2) is 0 Å². The second-order valence-corrected chi connectivity index (χ2v) is 8.08. The molecule has 4 rings (SSSR count). The van der Waals surface area contributed by atoms with E-state index in [2.05, 4.69) is 58.3 Å². The van der Waals surface area contributed by atoms with Crippen LogP contribution in [0.2, 0.25) is 0 Å². The first-order chi connectivity index (χ1) is 14.0. The van der Waals surface area contributed by atoms with Gasteiger partial charge in [-0.25, -0.2) is 9.97 Å². The maximum absolute atomic E-state index is 9.89. The van der Waals surface area contributed by atoms with E-state index in [-0.39, 0.29) is 6.04 Å². The van der Waals surface area contributed by atoms with Crippen LogP contribution in [0.5, 0.6) is 0 Å². The van der Waals surface area contributed by atoms with Gasteiger partial charge in [0.1, 0.15) is 18.4 Å². The molecule has 1 aliphatic heterocycles. The Morgan fingerprint density at radius 2 is 1.79 bits per heavy atom. The Bertz CT molecular complexity index is 967. The molecule has 2 heterocycles. The van der Waals surface area contributed by atoms with Gasteiger partial charge in [0.25, 0.3) is 0 Å². The zero-order valence-electron chi connectivity index (χ0n) is 17.0. The molecule has 152 valence electrons. The third-order valence-electron chi connectivity index (χ3n) is 5.72. The van der Waals surface area contributed by atoms with Crippen molar-refractivity contribution in [3.8, 4) is 0 Å². The van der Waals surface area contributed by atoms with Crippen LogP contribution in [0.4, 0.5) is 5.82 Å². The maximum atomic E-state index is 9.89. The summed E-state index contributed by atoms with van der Waals surface area (Å²) in [5.41, 5.74) is 9.58. The average molecular weight is 392 g/mol. The van der Waals surface area contributed by atoms with Crippen molar-refractivity contribution in [3.63, 3.8) is 0 Å². The lowest BCUT2D eigenvalue weighted by Crippen LogP contribution is -2.41. The lowest BCUT2D eigenvalue weighted by molar-refractivity contribution is 0.174. The number of nitrogens with two attached hydrogens (primary N) is 1. The monoisotopic (exact) mass is 391 g/mol. The number of fused-ring (bicyclic) bond motifs is 1. The lowest BCUT2D eigenvalue weighted by atomic mass is 9.98. The van der Waals surface area contributed by atoms with E-state index in [1.807, 2.05) is 12.1 Å². The Labute approximate surface area is 171 Å². The van der Waals surface area contributed by atoms with E-state index in [0.717, 1.165) is 30.8 Å². The van der Waals surface area contributed by atoms with Crippen molar-refractivity contribution in [1.82, 2.24) is 14.9 Å². The lowest BCUT2D eigenvalue weighted by Gasteiger charge is -2.35. The minimum atomic E-state index is -1.07. The number of aliphatic hydroxyl groups is 1. The van der Waals surface area contributed by atoms with Gasteiger partial charge < -0.3 is 21.1 Å². The average Bonchev–Trinajstić information content (AvgIpc) is 2.69. The van der Waals surface area contributed by atoms with Crippen LogP contribution in [0.15, 0.2) is 48.8 Å². The summed E-state index contributed by atoms with van der Waals surface area (Å²) >= 11 is 0. The van der Waals surface area contributed by atoms with Gasteiger partial charge in [0.2, 0.25) is 0 Å². The van der Waals surface area contributed by atoms with Crippen molar-refractivity contribution in [2.24, 2.45) is 5.73 Å². The molecule has 0 spiro atoms. The van der Waals surface area contributed by atoms with Crippen LogP contribution in [-0.2, 0) is 0 Å². The number of rotatable bonds is 7. The summed E-state index contributed by atoms with van der Waals surface area (Å²) in [6.45, 7) is 7.61. The second-order valence-electron chi connectivity index (χ2n) is 8.08. The Hall–Kier alpha value is -2.54. The molecule has 1 saturated heterocycles. The number of nitrogens with one attached hydrogen (secondary N) is 1. The van der Waals surface area contributed by atoms with Crippen molar-refractivity contribution in [3.05, 3.63) is 65.5 Å². The molecule has 4 N–H and O–H groups in total. The highest BCUT2D eigenvalue weighted by atomic mass is 16.3. The predicted octanol–water partition coefficient (Wildman–Crippen LogP) is 3.56. The third-order valence-corrected chi connectivity index (χ3v) is 5.72. The molecule has 1 fully saturated rings. The van der Waals surface area contributed by atoms with Crippen LogP contribution in [0, 0.1) is 0 Å². The van der Waals surface area contributed by atoms with E-state index in [1.165, 1.54) is 23.9 Å².